The second kappa shape index (κ2) is 3.90. The lowest BCUT2D eigenvalue weighted by Crippen LogP contribution is -2.29. The Morgan fingerprint density at radius 1 is 1.53 bits per heavy atom. The number of aromatic nitrogens is 2. The molecule has 1 atom stereocenters. The minimum atomic E-state index is -2.82. The molecule has 0 aliphatic carbocycles. The summed E-state index contributed by atoms with van der Waals surface area (Å²) in [5.41, 5.74) is 0. The smallest absolute Gasteiger partial charge is 0.230 e. The fraction of sp³-hybridized carbons (Fsp3) is 0.750. The predicted molar refractivity (Wildman–Crippen MR) is 52.9 cm³/mol. The Morgan fingerprint density at radius 2 is 2.33 bits per heavy atom. The molecule has 2 rings (SSSR count). The quantitative estimate of drug-likeness (QED) is 0.765. The van der Waals surface area contributed by atoms with E-state index in [-0.39, 0.29) is 17.5 Å². The van der Waals surface area contributed by atoms with E-state index in [4.69, 9.17) is 4.42 Å². The van der Waals surface area contributed by atoms with Gasteiger partial charge in [0.1, 0.15) is 0 Å². The number of aryl methyl sites for hydroxylation is 1. The number of sulfone groups is 1. The van der Waals surface area contributed by atoms with Crippen LogP contribution in [0.3, 0.4) is 0 Å². The predicted octanol–water partition coefficient (Wildman–Crippen LogP) is -0.345. The third-order valence-corrected chi connectivity index (χ3v) is 4.11. The van der Waals surface area contributed by atoms with Crippen LogP contribution in [0, 0.1) is 6.92 Å². The highest BCUT2D eigenvalue weighted by atomic mass is 32.2. The molecule has 1 aliphatic heterocycles. The third kappa shape index (κ3) is 2.75. The standard InChI is InChI=1S/C8H13N3O3S/c1-6-10-11-8(14-6)4-9-7-2-3-15(12,13)5-7/h7,9H,2-5H2,1H3. The van der Waals surface area contributed by atoms with Crippen LogP contribution >= 0.6 is 0 Å². The van der Waals surface area contributed by atoms with Gasteiger partial charge in [-0.05, 0) is 6.42 Å². The van der Waals surface area contributed by atoms with E-state index in [1.807, 2.05) is 0 Å². The first kappa shape index (κ1) is 10.6. The van der Waals surface area contributed by atoms with Crippen molar-refractivity contribution in [2.45, 2.75) is 25.9 Å². The Hall–Kier alpha value is -0.950. The summed E-state index contributed by atoms with van der Waals surface area (Å²) < 4.78 is 27.5. The van der Waals surface area contributed by atoms with Crippen molar-refractivity contribution in [2.24, 2.45) is 0 Å². The number of hydrogen-bond acceptors (Lipinski definition) is 6. The van der Waals surface area contributed by atoms with Crippen LogP contribution in [0.4, 0.5) is 0 Å². The molecule has 1 N–H and O–H groups in total. The topological polar surface area (TPSA) is 85.1 Å². The average Bonchev–Trinajstić information content (AvgIpc) is 2.69. The van der Waals surface area contributed by atoms with Gasteiger partial charge < -0.3 is 9.73 Å². The minimum Gasteiger partial charge on any atom is -0.424 e. The fourth-order valence-electron chi connectivity index (χ4n) is 1.60. The molecule has 15 heavy (non-hydrogen) atoms. The van der Waals surface area contributed by atoms with E-state index >= 15 is 0 Å². The highest BCUT2D eigenvalue weighted by molar-refractivity contribution is 7.91. The number of nitrogens with zero attached hydrogens (tertiary/aromatic N) is 2. The molecule has 0 radical (unpaired) electrons. The Morgan fingerprint density at radius 3 is 2.87 bits per heavy atom. The van der Waals surface area contributed by atoms with E-state index < -0.39 is 9.84 Å². The zero-order valence-corrected chi connectivity index (χ0v) is 9.25. The molecule has 1 fully saturated rings. The number of rotatable bonds is 3. The van der Waals surface area contributed by atoms with Crippen molar-refractivity contribution < 1.29 is 12.8 Å². The number of nitrogens with one attached hydrogen (secondary N) is 1. The van der Waals surface area contributed by atoms with Crippen molar-refractivity contribution in [3.63, 3.8) is 0 Å². The Kier molecular flexibility index (Phi) is 2.74. The second-order valence-electron chi connectivity index (χ2n) is 3.70. The lowest BCUT2D eigenvalue weighted by molar-refractivity contribution is 0.428. The van der Waals surface area contributed by atoms with E-state index in [2.05, 4.69) is 15.5 Å². The van der Waals surface area contributed by atoms with Gasteiger partial charge in [0.2, 0.25) is 11.8 Å². The summed E-state index contributed by atoms with van der Waals surface area (Å²) in [4.78, 5) is 0. The van der Waals surface area contributed by atoms with Crippen LogP contribution in [0.5, 0.6) is 0 Å². The molecule has 0 bridgehead atoms. The van der Waals surface area contributed by atoms with Gasteiger partial charge in [-0.25, -0.2) is 8.42 Å². The maximum absolute atomic E-state index is 11.2. The summed E-state index contributed by atoms with van der Waals surface area (Å²) in [5, 5.41) is 10.6. The summed E-state index contributed by atoms with van der Waals surface area (Å²) in [5.74, 6) is 1.50. The normalized spacial score (nSPS) is 24.5. The molecule has 0 amide bonds. The van der Waals surface area contributed by atoms with Crippen molar-refractivity contribution in [2.75, 3.05) is 11.5 Å². The molecule has 0 spiro atoms. The van der Waals surface area contributed by atoms with E-state index in [0.717, 1.165) is 0 Å². The molecule has 1 saturated heterocycles. The number of hydrogen-bond donors (Lipinski definition) is 1. The summed E-state index contributed by atoms with van der Waals surface area (Å²) in [7, 11) is -2.82. The Bertz CT molecular complexity index is 440. The summed E-state index contributed by atoms with van der Waals surface area (Å²) >= 11 is 0. The molecule has 1 aliphatic rings. The van der Waals surface area contributed by atoms with Crippen molar-refractivity contribution in [1.82, 2.24) is 15.5 Å². The van der Waals surface area contributed by atoms with Gasteiger partial charge in [0.05, 0.1) is 18.1 Å². The highest BCUT2D eigenvalue weighted by Gasteiger charge is 2.27. The van der Waals surface area contributed by atoms with Crippen molar-refractivity contribution in [3.8, 4) is 0 Å². The van der Waals surface area contributed by atoms with Crippen LogP contribution in [0.2, 0.25) is 0 Å². The maximum atomic E-state index is 11.2. The van der Waals surface area contributed by atoms with Gasteiger partial charge >= 0.3 is 0 Å². The second-order valence-corrected chi connectivity index (χ2v) is 5.92. The fourth-order valence-corrected chi connectivity index (χ4v) is 3.30. The lowest BCUT2D eigenvalue weighted by atomic mass is 10.3. The van der Waals surface area contributed by atoms with Crippen molar-refractivity contribution in [3.05, 3.63) is 11.8 Å². The zero-order valence-electron chi connectivity index (χ0n) is 8.43. The van der Waals surface area contributed by atoms with Crippen molar-refractivity contribution >= 4 is 9.84 Å². The summed E-state index contributed by atoms with van der Waals surface area (Å²) in [6.45, 7) is 2.15. The van der Waals surface area contributed by atoms with Crippen LogP contribution in [-0.4, -0.2) is 36.2 Å². The van der Waals surface area contributed by atoms with Crippen LogP contribution in [0.15, 0.2) is 4.42 Å². The van der Waals surface area contributed by atoms with Gasteiger partial charge in [0.15, 0.2) is 9.84 Å². The van der Waals surface area contributed by atoms with Gasteiger partial charge in [-0.15, -0.1) is 10.2 Å². The monoisotopic (exact) mass is 231 g/mol. The summed E-state index contributed by atoms with van der Waals surface area (Å²) in [6, 6.07) is 0.0159. The van der Waals surface area contributed by atoms with Crippen LogP contribution < -0.4 is 5.32 Å². The lowest BCUT2D eigenvalue weighted by Gasteiger charge is -2.07. The third-order valence-electron chi connectivity index (χ3n) is 2.34. The minimum absolute atomic E-state index is 0.0159. The van der Waals surface area contributed by atoms with E-state index in [1.54, 1.807) is 6.92 Å². The molecule has 1 aromatic heterocycles. The van der Waals surface area contributed by atoms with Crippen LogP contribution in [0.1, 0.15) is 18.2 Å². The Balaban J connectivity index is 1.85. The van der Waals surface area contributed by atoms with Gasteiger partial charge in [-0.1, -0.05) is 0 Å². The highest BCUT2D eigenvalue weighted by Crippen LogP contribution is 2.11. The van der Waals surface area contributed by atoms with E-state index in [0.29, 0.717) is 24.7 Å². The molecule has 0 saturated carbocycles. The molecule has 1 unspecified atom stereocenters. The van der Waals surface area contributed by atoms with Gasteiger partial charge in [-0.3, -0.25) is 0 Å². The SMILES string of the molecule is Cc1nnc(CNC2CCS(=O)(=O)C2)o1. The van der Waals surface area contributed by atoms with Crippen LogP contribution in [-0.2, 0) is 16.4 Å². The van der Waals surface area contributed by atoms with E-state index in [1.165, 1.54) is 0 Å². The molecular weight excluding hydrogens is 218 g/mol. The van der Waals surface area contributed by atoms with Crippen LogP contribution in [0.25, 0.3) is 0 Å². The first-order valence-electron chi connectivity index (χ1n) is 4.78. The molecule has 2 heterocycles. The molecule has 7 heteroatoms. The molecule has 6 nitrogen and oxygen atoms in total. The maximum Gasteiger partial charge on any atom is 0.230 e. The molecular formula is C8H13N3O3S. The van der Waals surface area contributed by atoms with Gasteiger partial charge in [0.25, 0.3) is 0 Å². The first-order valence-corrected chi connectivity index (χ1v) is 6.60. The average molecular weight is 231 g/mol. The summed E-state index contributed by atoms with van der Waals surface area (Å²) in [6.07, 6.45) is 0.662. The van der Waals surface area contributed by atoms with E-state index in [9.17, 15) is 8.42 Å². The largest absolute Gasteiger partial charge is 0.424 e. The van der Waals surface area contributed by atoms with Gasteiger partial charge in [0, 0.05) is 13.0 Å². The van der Waals surface area contributed by atoms with Crippen molar-refractivity contribution in [1.29, 1.82) is 0 Å². The molecule has 84 valence electrons. The molecule has 0 aromatic carbocycles. The first-order chi connectivity index (χ1) is 7.05. The molecule has 1 aromatic rings. The Labute approximate surface area is 88.0 Å². The van der Waals surface area contributed by atoms with Gasteiger partial charge in [-0.2, -0.15) is 0 Å². The zero-order chi connectivity index (χ0) is 10.9.